The largest absolute Gasteiger partial charge is 0.493 e. The molecule has 1 unspecified atom stereocenters. The van der Waals surface area contributed by atoms with Crippen molar-refractivity contribution in [3.63, 3.8) is 0 Å². The highest BCUT2D eigenvalue weighted by Gasteiger charge is 2.22. The number of nitrogens with zero attached hydrogens (tertiary/aromatic N) is 1. The van der Waals surface area contributed by atoms with E-state index in [1.807, 2.05) is 54.6 Å². The van der Waals surface area contributed by atoms with E-state index in [-0.39, 0.29) is 12.5 Å². The second-order valence-electron chi connectivity index (χ2n) is 6.74. The molecule has 150 valence electrons. The van der Waals surface area contributed by atoms with Gasteiger partial charge in [0.2, 0.25) is 0 Å². The zero-order chi connectivity index (χ0) is 19.6. The highest BCUT2D eigenvalue weighted by atomic mass is 16.5. The number of carboxylic acids is 1. The number of hydrogen-bond acceptors (Lipinski definition) is 5. The molecule has 1 fully saturated rings. The maximum atomic E-state index is 10.8. The molecule has 1 heterocycles. The molecule has 0 radical (unpaired) electrons. The third-order valence-electron chi connectivity index (χ3n) is 4.61. The highest BCUT2D eigenvalue weighted by molar-refractivity contribution is 5.66. The van der Waals surface area contributed by atoms with Gasteiger partial charge in [0.15, 0.2) is 0 Å². The van der Waals surface area contributed by atoms with Crippen molar-refractivity contribution in [2.75, 3.05) is 39.5 Å². The summed E-state index contributed by atoms with van der Waals surface area (Å²) >= 11 is 0. The number of para-hydroxylation sites is 1. The molecule has 6 nitrogen and oxygen atoms in total. The first-order valence-corrected chi connectivity index (χ1v) is 9.67. The Kier molecular flexibility index (Phi) is 7.70. The zero-order valence-corrected chi connectivity index (χ0v) is 16.0. The van der Waals surface area contributed by atoms with E-state index in [9.17, 15) is 4.79 Å². The van der Waals surface area contributed by atoms with Crippen LogP contribution in [0.5, 0.6) is 11.5 Å². The van der Waals surface area contributed by atoms with Crippen LogP contribution in [-0.2, 0) is 9.53 Å². The fourth-order valence-electron chi connectivity index (χ4n) is 3.10. The van der Waals surface area contributed by atoms with Gasteiger partial charge < -0.3 is 19.3 Å². The normalized spacial score (nSPS) is 17.2. The zero-order valence-electron chi connectivity index (χ0n) is 16.0. The van der Waals surface area contributed by atoms with Gasteiger partial charge in [0.25, 0.3) is 0 Å². The molecule has 0 saturated carbocycles. The Balaban J connectivity index is 1.38. The number of morpholine rings is 1. The first-order chi connectivity index (χ1) is 13.7. The summed E-state index contributed by atoms with van der Waals surface area (Å²) in [6.45, 7) is 3.87. The monoisotopic (exact) mass is 385 g/mol. The Morgan fingerprint density at radius 3 is 2.39 bits per heavy atom. The number of hydrogen-bond donors (Lipinski definition) is 1. The molecular weight excluding hydrogens is 358 g/mol. The van der Waals surface area contributed by atoms with Crippen LogP contribution in [0.25, 0.3) is 0 Å². The molecule has 1 aliphatic rings. The SMILES string of the molecule is O=C(O)CCN1CCOC(c2ccc(OCCCOc3ccccc3)cc2)C1. The van der Waals surface area contributed by atoms with Gasteiger partial charge in [-0.2, -0.15) is 0 Å². The summed E-state index contributed by atoms with van der Waals surface area (Å²) < 4.78 is 17.3. The van der Waals surface area contributed by atoms with Gasteiger partial charge in [-0.3, -0.25) is 9.69 Å². The van der Waals surface area contributed by atoms with Crippen molar-refractivity contribution in [2.24, 2.45) is 0 Å². The van der Waals surface area contributed by atoms with Crippen molar-refractivity contribution >= 4 is 5.97 Å². The molecule has 6 heteroatoms. The number of rotatable bonds is 10. The highest BCUT2D eigenvalue weighted by Crippen LogP contribution is 2.24. The lowest BCUT2D eigenvalue weighted by atomic mass is 10.1. The van der Waals surface area contributed by atoms with Crippen molar-refractivity contribution in [2.45, 2.75) is 18.9 Å². The van der Waals surface area contributed by atoms with Crippen LogP contribution in [-0.4, -0.2) is 55.4 Å². The van der Waals surface area contributed by atoms with E-state index in [0.717, 1.165) is 30.0 Å². The van der Waals surface area contributed by atoms with E-state index in [1.165, 1.54) is 0 Å². The average molecular weight is 385 g/mol. The second-order valence-corrected chi connectivity index (χ2v) is 6.74. The number of ether oxygens (including phenoxy) is 3. The van der Waals surface area contributed by atoms with Crippen LogP contribution in [0.2, 0.25) is 0 Å². The van der Waals surface area contributed by atoms with E-state index in [1.54, 1.807) is 0 Å². The summed E-state index contributed by atoms with van der Waals surface area (Å²) in [7, 11) is 0. The fraction of sp³-hybridized carbons (Fsp3) is 0.409. The Morgan fingerprint density at radius 2 is 1.71 bits per heavy atom. The lowest BCUT2D eigenvalue weighted by Gasteiger charge is -2.32. The molecule has 1 aliphatic heterocycles. The lowest BCUT2D eigenvalue weighted by molar-refractivity contribution is -0.137. The predicted octanol–water partition coefficient (Wildman–Crippen LogP) is 3.38. The van der Waals surface area contributed by atoms with Gasteiger partial charge in [-0.25, -0.2) is 0 Å². The summed E-state index contributed by atoms with van der Waals surface area (Å²) in [6, 6.07) is 17.7. The molecule has 0 spiro atoms. The first-order valence-electron chi connectivity index (χ1n) is 9.67. The van der Waals surface area contributed by atoms with E-state index >= 15 is 0 Å². The smallest absolute Gasteiger partial charge is 0.304 e. The van der Waals surface area contributed by atoms with Gasteiger partial charge >= 0.3 is 5.97 Å². The van der Waals surface area contributed by atoms with Gasteiger partial charge in [0, 0.05) is 26.1 Å². The van der Waals surface area contributed by atoms with Crippen molar-refractivity contribution in [3.8, 4) is 11.5 Å². The summed E-state index contributed by atoms with van der Waals surface area (Å²) in [4.78, 5) is 12.9. The minimum Gasteiger partial charge on any atom is -0.493 e. The number of aliphatic carboxylic acids is 1. The third kappa shape index (κ3) is 6.55. The minimum atomic E-state index is -0.765. The number of carbonyl (C=O) groups is 1. The van der Waals surface area contributed by atoms with Gasteiger partial charge in [0.1, 0.15) is 11.5 Å². The summed E-state index contributed by atoms with van der Waals surface area (Å²) in [5, 5.41) is 8.84. The van der Waals surface area contributed by atoms with Crippen molar-refractivity contribution in [1.82, 2.24) is 4.90 Å². The van der Waals surface area contributed by atoms with Gasteiger partial charge in [-0.15, -0.1) is 0 Å². The van der Waals surface area contributed by atoms with E-state index in [4.69, 9.17) is 19.3 Å². The first kappa shape index (κ1) is 20.2. The minimum absolute atomic E-state index is 0.0316. The molecule has 1 atom stereocenters. The molecule has 0 amide bonds. The van der Waals surface area contributed by atoms with Gasteiger partial charge in [0.05, 0.1) is 32.3 Å². The molecule has 2 aromatic carbocycles. The topological polar surface area (TPSA) is 68.2 Å². The van der Waals surface area contributed by atoms with Gasteiger partial charge in [-0.1, -0.05) is 30.3 Å². The quantitative estimate of drug-likeness (QED) is 0.633. The Hall–Kier alpha value is -2.57. The molecule has 28 heavy (non-hydrogen) atoms. The van der Waals surface area contributed by atoms with Crippen molar-refractivity contribution in [1.29, 1.82) is 0 Å². The van der Waals surface area contributed by atoms with Crippen molar-refractivity contribution < 1.29 is 24.1 Å². The van der Waals surface area contributed by atoms with Gasteiger partial charge in [-0.05, 0) is 29.8 Å². The predicted molar refractivity (Wildman–Crippen MR) is 106 cm³/mol. The van der Waals surface area contributed by atoms with Crippen LogP contribution < -0.4 is 9.47 Å². The molecular formula is C22H27NO5. The van der Waals surface area contributed by atoms with E-state index < -0.39 is 5.97 Å². The van der Waals surface area contributed by atoms with E-state index in [0.29, 0.717) is 32.9 Å². The van der Waals surface area contributed by atoms with Crippen molar-refractivity contribution in [3.05, 3.63) is 60.2 Å². The summed E-state index contributed by atoms with van der Waals surface area (Å²) in [5.41, 5.74) is 1.08. The standard InChI is InChI=1S/C22H27NO5/c24-22(25)11-12-23-13-16-28-21(17-23)18-7-9-20(10-8-18)27-15-4-14-26-19-5-2-1-3-6-19/h1-3,5-10,21H,4,11-17H2,(H,24,25). The fourth-order valence-corrected chi connectivity index (χ4v) is 3.10. The Morgan fingerprint density at radius 1 is 1.04 bits per heavy atom. The lowest BCUT2D eigenvalue weighted by Crippen LogP contribution is -2.39. The molecule has 1 saturated heterocycles. The number of benzene rings is 2. The molecule has 3 rings (SSSR count). The molecule has 2 aromatic rings. The van der Waals surface area contributed by atoms with Crippen LogP contribution in [0.3, 0.4) is 0 Å². The molecule has 0 bridgehead atoms. The maximum Gasteiger partial charge on any atom is 0.304 e. The maximum absolute atomic E-state index is 10.8. The average Bonchev–Trinajstić information content (AvgIpc) is 2.73. The summed E-state index contributed by atoms with van der Waals surface area (Å²) in [6.07, 6.45) is 0.935. The number of carboxylic acid groups (broad SMARTS) is 1. The Bertz CT molecular complexity index is 719. The second kappa shape index (κ2) is 10.7. The molecule has 0 aromatic heterocycles. The summed E-state index contributed by atoms with van der Waals surface area (Å²) in [5.74, 6) is 0.928. The third-order valence-corrected chi connectivity index (χ3v) is 4.61. The van der Waals surface area contributed by atoms with Crippen LogP contribution in [0, 0.1) is 0 Å². The van der Waals surface area contributed by atoms with Crippen LogP contribution in [0.4, 0.5) is 0 Å². The molecule has 0 aliphatic carbocycles. The van der Waals surface area contributed by atoms with Crippen LogP contribution in [0.15, 0.2) is 54.6 Å². The van der Waals surface area contributed by atoms with Crippen LogP contribution >= 0.6 is 0 Å². The van der Waals surface area contributed by atoms with E-state index in [2.05, 4.69) is 4.90 Å². The van der Waals surface area contributed by atoms with Crippen LogP contribution in [0.1, 0.15) is 24.5 Å². The molecule has 1 N–H and O–H groups in total. The Labute approximate surface area is 165 Å².